The largest absolute Gasteiger partial charge is 0.456 e. The van der Waals surface area contributed by atoms with Crippen LogP contribution in [0.4, 0.5) is 0 Å². The fourth-order valence-corrected chi connectivity index (χ4v) is 7.56. The van der Waals surface area contributed by atoms with E-state index in [1.54, 1.807) is 0 Å². The molecule has 0 bridgehead atoms. The topological polar surface area (TPSA) is 9.23 Å². The number of benzene rings is 9. The lowest BCUT2D eigenvalue weighted by molar-refractivity contribution is 0.487. The minimum atomic E-state index is 0.910. The van der Waals surface area contributed by atoms with E-state index in [1.807, 2.05) is 6.07 Å². The predicted octanol–water partition coefficient (Wildman–Crippen LogP) is 12.5. The van der Waals surface area contributed by atoms with Crippen LogP contribution in [0.2, 0.25) is 0 Å². The molecule has 0 amide bonds. The quantitative estimate of drug-likeness (QED) is 0.192. The Morgan fingerprint density at radius 1 is 0.289 bits per heavy atom. The lowest BCUT2D eigenvalue weighted by atomic mass is 9.86. The van der Waals surface area contributed by atoms with Gasteiger partial charge in [0.2, 0.25) is 0 Å². The van der Waals surface area contributed by atoms with Gasteiger partial charge in [-0.1, -0.05) is 127 Å². The van der Waals surface area contributed by atoms with Gasteiger partial charge in [0.1, 0.15) is 11.5 Å². The van der Waals surface area contributed by atoms with Gasteiger partial charge in [-0.3, -0.25) is 0 Å². The summed E-state index contributed by atoms with van der Waals surface area (Å²) in [6, 6.07) is 57.4. The Hall–Kier alpha value is -5.92. The lowest BCUT2D eigenvalue weighted by Gasteiger charge is -2.23. The highest BCUT2D eigenvalue weighted by Gasteiger charge is 2.22. The van der Waals surface area contributed by atoms with E-state index in [1.165, 1.54) is 82.0 Å². The summed E-state index contributed by atoms with van der Waals surface area (Å²) in [7, 11) is 0. The summed E-state index contributed by atoms with van der Waals surface area (Å²) in [5.74, 6) is 1.82. The molecule has 1 aliphatic heterocycles. The predicted molar refractivity (Wildman–Crippen MR) is 189 cm³/mol. The van der Waals surface area contributed by atoms with Crippen LogP contribution in [0.15, 0.2) is 158 Å². The average molecular weight is 571 g/mol. The lowest BCUT2D eigenvalue weighted by Crippen LogP contribution is -1.97. The molecule has 0 spiro atoms. The molecule has 1 heteroatoms. The van der Waals surface area contributed by atoms with Crippen LogP contribution in [-0.4, -0.2) is 0 Å². The summed E-state index contributed by atoms with van der Waals surface area (Å²) in [6.07, 6.45) is 0. The Bertz CT molecular complexity index is 2600. The standard InChI is InChI=1S/C44H26O/c1-2-8-27(9-3-1)31-24-32(34-20-18-30-17-16-28-10-6-11-29-19-21-39(34)43(30)42(28)29)26-33(25-31)35-22-23-41-44-37(35)13-7-14-38(44)36-12-4-5-15-40(36)45-41/h1-26H. The van der Waals surface area contributed by atoms with Crippen molar-refractivity contribution in [2.24, 2.45) is 0 Å². The van der Waals surface area contributed by atoms with Gasteiger partial charge in [-0.25, -0.2) is 0 Å². The second kappa shape index (κ2) is 9.29. The van der Waals surface area contributed by atoms with E-state index in [4.69, 9.17) is 4.74 Å². The zero-order chi connectivity index (χ0) is 29.5. The van der Waals surface area contributed by atoms with Gasteiger partial charge in [0.25, 0.3) is 0 Å². The maximum absolute atomic E-state index is 6.43. The van der Waals surface area contributed by atoms with Crippen molar-refractivity contribution in [2.45, 2.75) is 0 Å². The van der Waals surface area contributed by atoms with Crippen molar-refractivity contribution in [1.82, 2.24) is 0 Å². The number of ether oxygens (including phenoxy) is 1. The summed E-state index contributed by atoms with van der Waals surface area (Å²) in [6.45, 7) is 0. The molecule has 1 aliphatic rings. The normalized spacial score (nSPS) is 12.2. The van der Waals surface area contributed by atoms with Crippen molar-refractivity contribution in [1.29, 1.82) is 0 Å². The molecule has 0 atom stereocenters. The van der Waals surface area contributed by atoms with Crippen LogP contribution in [0.3, 0.4) is 0 Å². The van der Waals surface area contributed by atoms with E-state index in [0.29, 0.717) is 0 Å². The maximum atomic E-state index is 6.43. The van der Waals surface area contributed by atoms with E-state index in [9.17, 15) is 0 Å². The minimum absolute atomic E-state index is 0.910. The SMILES string of the molecule is c1ccc(-c2cc(-c3ccc4c5c(cccc35)-c3ccccc3O4)cc(-c3ccc4ccc5cccc6ccc3c4c56)c2)cc1. The molecule has 0 aliphatic carbocycles. The zero-order valence-corrected chi connectivity index (χ0v) is 24.4. The number of hydrogen-bond donors (Lipinski definition) is 0. The van der Waals surface area contributed by atoms with Crippen LogP contribution in [0.1, 0.15) is 0 Å². The van der Waals surface area contributed by atoms with Crippen LogP contribution in [0.5, 0.6) is 11.5 Å². The van der Waals surface area contributed by atoms with Crippen LogP contribution >= 0.6 is 0 Å². The van der Waals surface area contributed by atoms with Crippen LogP contribution in [-0.2, 0) is 0 Å². The Balaban J connectivity index is 1.26. The molecule has 9 aromatic carbocycles. The third kappa shape index (κ3) is 3.62. The van der Waals surface area contributed by atoms with E-state index >= 15 is 0 Å². The first-order valence-electron chi connectivity index (χ1n) is 15.5. The minimum Gasteiger partial charge on any atom is -0.456 e. The second-order valence-electron chi connectivity index (χ2n) is 12.1. The second-order valence-corrected chi connectivity index (χ2v) is 12.1. The van der Waals surface area contributed by atoms with Gasteiger partial charge < -0.3 is 4.74 Å². The summed E-state index contributed by atoms with van der Waals surface area (Å²) < 4.78 is 6.43. The molecule has 208 valence electrons. The van der Waals surface area contributed by atoms with Crippen molar-refractivity contribution in [3.05, 3.63) is 158 Å². The highest BCUT2D eigenvalue weighted by Crippen LogP contribution is 2.49. The molecular weight excluding hydrogens is 544 g/mol. The Kier molecular flexibility index (Phi) is 5.06. The summed E-state index contributed by atoms with van der Waals surface area (Å²) in [5, 5.41) is 10.2. The molecule has 0 N–H and O–H groups in total. The van der Waals surface area contributed by atoms with E-state index < -0.39 is 0 Å². The summed E-state index contributed by atoms with van der Waals surface area (Å²) >= 11 is 0. The molecule has 1 nitrogen and oxygen atoms in total. The van der Waals surface area contributed by atoms with E-state index in [2.05, 4.69) is 152 Å². The zero-order valence-electron chi connectivity index (χ0n) is 24.4. The van der Waals surface area contributed by atoms with Crippen LogP contribution in [0.25, 0.3) is 87.6 Å². The number of fused-ring (bicyclic) bond motifs is 2. The van der Waals surface area contributed by atoms with Crippen LogP contribution in [0, 0.1) is 0 Å². The highest BCUT2D eigenvalue weighted by molar-refractivity contribution is 6.25. The van der Waals surface area contributed by atoms with Crippen molar-refractivity contribution < 1.29 is 4.74 Å². The molecule has 9 aromatic rings. The fourth-order valence-electron chi connectivity index (χ4n) is 7.56. The summed E-state index contributed by atoms with van der Waals surface area (Å²) in [4.78, 5) is 0. The average Bonchev–Trinajstić information content (AvgIpc) is 3.11. The summed E-state index contributed by atoms with van der Waals surface area (Å²) in [5.41, 5.74) is 9.63. The number of rotatable bonds is 3. The number of hydrogen-bond acceptors (Lipinski definition) is 1. The third-order valence-electron chi connectivity index (χ3n) is 9.59. The molecule has 0 unspecified atom stereocenters. The van der Waals surface area contributed by atoms with E-state index in [0.717, 1.165) is 17.1 Å². The molecule has 0 saturated heterocycles. The van der Waals surface area contributed by atoms with Gasteiger partial charge in [0.05, 0.1) is 0 Å². The molecule has 45 heavy (non-hydrogen) atoms. The van der Waals surface area contributed by atoms with Crippen molar-refractivity contribution >= 4 is 43.1 Å². The fraction of sp³-hybridized carbons (Fsp3) is 0. The van der Waals surface area contributed by atoms with Crippen molar-refractivity contribution in [3.8, 4) is 56.0 Å². The highest BCUT2D eigenvalue weighted by atomic mass is 16.5. The molecule has 0 aromatic heterocycles. The van der Waals surface area contributed by atoms with E-state index in [-0.39, 0.29) is 0 Å². The monoisotopic (exact) mass is 570 g/mol. The van der Waals surface area contributed by atoms with Crippen molar-refractivity contribution in [2.75, 3.05) is 0 Å². The van der Waals surface area contributed by atoms with Crippen LogP contribution < -0.4 is 4.74 Å². The first-order valence-corrected chi connectivity index (χ1v) is 15.5. The first-order chi connectivity index (χ1) is 22.3. The van der Waals surface area contributed by atoms with Gasteiger partial charge in [-0.15, -0.1) is 0 Å². The molecule has 0 saturated carbocycles. The Labute approximate surface area is 260 Å². The maximum Gasteiger partial charge on any atom is 0.135 e. The van der Waals surface area contributed by atoms with Gasteiger partial charge in [0.15, 0.2) is 0 Å². The molecular formula is C44H26O. The molecule has 0 radical (unpaired) electrons. The molecule has 1 heterocycles. The number of para-hydroxylation sites is 1. The third-order valence-corrected chi connectivity index (χ3v) is 9.59. The van der Waals surface area contributed by atoms with Gasteiger partial charge in [-0.2, -0.15) is 0 Å². The Morgan fingerprint density at radius 3 is 1.71 bits per heavy atom. The molecule has 10 rings (SSSR count). The smallest absolute Gasteiger partial charge is 0.135 e. The van der Waals surface area contributed by atoms with Gasteiger partial charge >= 0.3 is 0 Å². The Morgan fingerprint density at radius 2 is 0.889 bits per heavy atom. The van der Waals surface area contributed by atoms with Crippen molar-refractivity contribution in [3.63, 3.8) is 0 Å². The first kappa shape index (κ1) is 24.5. The molecule has 0 fully saturated rings. The van der Waals surface area contributed by atoms with Gasteiger partial charge in [0, 0.05) is 10.9 Å². The van der Waals surface area contributed by atoms with Gasteiger partial charge in [-0.05, 0) is 107 Å².